The molecule has 4 nitrogen and oxygen atoms in total. The topological polar surface area (TPSA) is 61.4 Å². The lowest BCUT2D eigenvalue weighted by molar-refractivity contribution is -0.122. The number of amides is 1. The van der Waals surface area contributed by atoms with Crippen LogP contribution in [0.2, 0.25) is 0 Å². The lowest BCUT2D eigenvalue weighted by atomic mass is 10.1. The van der Waals surface area contributed by atoms with E-state index in [4.69, 9.17) is 0 Å². The third-order valence-corrected chi connectivity index (χ3v) is 1.85. The van der Waals surface area contributed by atoms with Gasteiger partial charge in [-0.25, -0.2) is 0 Å². The fraction of sp³-hybridized carbons (Fsp3) is 0.909. The number of hydrogen-bond acceptors (Lipinski definition) is 3. The van der Waals surface area contributed by atoms with Gasteiger partial charge in [0.05, 0.1) is 5.60 Å². The van der Waals surface area contributed by atoms with Crippen LogP contribution in [0.4, 0.5) is 0 Å². The van der Waals surface area contributed by atoms with Crippen LogP contribution in [-0.2, 0) is 4.79 Å². The zero-order valence-electron chi connectivity index (χ0n) is 10.3. The maximum Gasteiger partial charge on any atom is 0.220 e. The van der Waals surface area contributed by atoms with Crippen LogP contribution in [0.25, 0.3) is 0 Å². The van der Waals surface area contributed by atoms with Crippen molar-refractivity contribution in [1.29, 1.82) is 0 Å². The van der Waals surface area contributed by atoms with Gasteiger partial charge in [-0.15, -0.1) is 0 Å². The van der Waals surface area contributed by atoms with E-state index in [1.54, 1.807) is 13.8 Å². The zero-order chi connectivity index (χ0) is 11.9. The molecule has 0 aliphatic heterocycles. The van der Waals surface area contributed by atoms with E-state index in [1.165, 1.54) is 0 Å². The number of rotatable bonds is 7. The fourth-order valence-electron chi connectivity index (χ4n) is 1.04. The Bertz CT molecular complexity index is 186. The highest BCUT2D eigenvalue weighted by atomic mass is 16.3. The predicted octanol–water partition coefficient (Wildman–Crippen LogP) is 0.652. The van der Waals surface area contributed by atoms with E-state index in [-0.39, 0.29) is 5.91 Å². The fourth-order valence-corrected chi connectivity index (χ4v) is 1.04. The highest BCUT2D eigenvalue weighted by Gasteiger charge is 2.13. The van der Waals surface area contributed by atoms with Gasteiger partial charge in [-0.3, -0.25) is 4.79 Å². The van der Waals surface area contributed by atoms with E-state index in [9.17, 15) is 9.90 Å². The Morgan fingerprint density at radius 3 is 2.47 bits per heavy atom. The molecule has 0 bridgehead atoms. The molecule has 0 aliphatic carbocycles. The van der Waals surface area contributed by atoms with Crippen LogP contribution in [0.1, 0.15) is 40.5 Å². The number of carbonyl (C=O) groups is 1. The van der Waals surface area contributed by atoms with Crippen molar-refractivity contribution < 1.29 is 9.90 Å². The minimum Gasteiger partial charge on any atom is -0.389 e. The Hall–Kier alpha value is -0.610. The third-order valence-electron chi connectivity index (χ3n) is 1.85. The van der Waals surface area contributed by atoms with E-state index in [1.807, 2.05) is 0 Å². The molecule has 0 aromatic rings. The molecular weight excluding hydrogens is 192 g/mol. The average Bonchev–Trinajstić information content (AvgIpc) is 2.07. The second kappa shape index (κ2) is 6.80. The van der Waals surface area contributed by atoms with Crippen molar-refractivity contribution in [2.75, 3.05) is 13.1 Å². The van der Waals surface area contributed by atoms with E-state index in [2.05, 4.69) is 24.5 Å². The molecule has 90 valence electrons. The molecule has 0 rings (SSSR count). The molecule has 0 aliphatic rings. The Morgan fingerprint density at radius 1 is 1.40 bits per heavy atom. The quantitative estimate of drug-likeness (QED) is 0.548. The van der Waals surface area contributed by atoms with Crippen LogP contribution in [0, 0.1) is 0 Å². The average molecular weight is 216 g/mol. The van der Waals surface area contributed by atoms with E-state index in [0.29, 0.717) is 19.0 Å². The van der Waals surface area contributed by atoms with Crippen LogP contribution in [0.15, 0.2) is 0 Å². The Kier molecular flexibility index (Phi) is 6.52. The van der Waals surface area contributed by atoms with Crippen molar-refractivity contribution in [3.05, 3.63) is 0 Å². The van der Waals surface area contributed by atoms with Crippen molar-refractivity contribution in [2.45, 2.75) is 52.2 Å². The van der Waals surface area contributed by atoms with Gasteiger partial charge < -0.3 is 15.7 Å². The normalized spacial score (nSPS) is 11.9. The zero-order valence-corrected chi connectivity index (χ0v) is 10.3. The van der Waals surface area contributed by atoms with Crippen LogP contribution in [0.5, 0.6) is 0 Å². The van der Waals surface area contributed by atoms with Crippen molar-refractivity contribution in [3.8, 4) is 0 Å². The van der Waals surface area contributed by atoms with Gasteiger partial charge in [-0.1, -0.05) is 13.8 Å². The number of aliphatic hydroxyl groups is 1. The Labute approximate surface area is 92.4 Å². The molecule has 0 radical (unpaired) electrons. The summed E-state index contributed by atoms with van der Waals surface area (Å²) in [5.74, 6) is 0.00248. The number of hydrogen-bond donors (Lipinski definition) is 3. The largest absolute Gasteiger partial charge is 0.389 e. The molecule has 0 aromatic heterocycles. The van der Waals surface area contributed by atoms with Crippen molar-refractivity contribution >= 4 is 5.91 Å². The molecule has 15 heavy (non-hydrogen) atoms. The minimum absolute atomic E-state index is 0.00248. The molecule has 0 saturated carbocycles. The second-order valence-corrected chi connectivity index (χ2v) is 4.80. The highest BCUT2D eigenvalue weighted by molar-refractivity contribution is 5.75. The number of carbonyl (C=O) groups excluding carboxylic acids is 1. The van der Waals surface area contributed by atoms with Crippen LogP contribution in [-0.4, -0.2) is 35.7 Å². The Balaban J connectivity index is 3.42. The van der Waals surface area contributed by atoms with Gasteiger partial charge in [-0.2, -0.15) is 0 Å². The van der Waals surface area contributed by atoms with Crippen molar-refractivity contribution in [3.63, 3.8) is 0 Å². The smallest absolute Gasteiger partial charge is 0.220 e. The summed E-state index contributed by atoms with van der Waals surface area (Å²) in [6, 6.07) is 0.462. The molecule has 0 saturated heterocycles. The van der Waals surface area contributed by atoms with Gasteiger partial charge >= 0.3 is 0 Å². The maximum atomic E-state index is 11.3. The molecular formula is C11H24N2O2. The lowest BCUT2D eigenvalue weighted by Gasteiger charge is -2.17. The van der Waals surface area contributed by atoms with Crippen LogP contribution >= 0.6 is 0 Å². The number of nitrogens with one attached hydrogen (secondary N) is 2. The Morgan fingerprint density at radius 2 is 2.00 bits per heavy atom. The molecule has 0 unspecified atom stereocenters. The SMILES string of the molecule is CC(C)NCCCC(=O)NCC(C)(C)O. The highest BCUT2D eigenvalue weighted by Crippen LogP contribution is 1.98. The summed E-state index contributed by atoms with van der Waals surface area (Å²) >= 11 is 0. The minimum atomic E-state index is -0.828. The molecule has 3 N–H and O–H groups in total. The van der Waals surface area contributed by atoms with Gasteiger partial charge in [0, 0.05) is 19.0 Å². The molecule has 0 heterocycles. The first kappa shape index (κ1) is 14.4. The molecule has 0 aromatic carbocycles. The summed E-state index contributed by atoms with van der Waals surface area (Å²) < 4.78 is 0. The standard InChI is InChI=1S/C11H24N2O2/c1-9(2)12-7-5-6-10(14)13-8-11(3,4)15/h9,12,15H,5-8H2,1-4H3,(H,13,14). The summed E-state index contributed by atoms with van der Waals surface area (Å²) in [6.07, 6.45) is 1.34. The van der Waals surface area contributed by atoms with Crippen LogP contribution < -0.4 is 10.6 Å². The summed E-state index contributed by atoms with van der Waals surface area (Å²) in [5.41, 5.74) is -0.828. The third kappa shape index (κ3) is 11.3. The summed E-state index contributed by atoms with van der Waals surface area (Å²) in [5, 5.41) is 15.3. The van der Waals surface area contributed by atoms with Crippen molar-refractivity contribution in [1.82, 2.24) is 10.6 Å². The predicted molar refractivity (Wildman–Crippen MR) is 61.7 cm³/mol. The van der Waals surface area contributed by atoms with Crippen molar-refractivity contribution in [2.24, 2.45) is 0 Å². The van der Waals surface area contributed by atoms with Gasteiger partial charge in [0.1, 0.15) is 0 Å². The monoisotopic (exact) mass is 216 g/mol. The second-order valence-electron chi connectivity index (χ2n) is 4.80. The van der Waals surface area contributed by atoms with Gasteiger partial charge in [0.25, 0.3) is 0 Å². The molecule has 0 spiro atoms. The van der Waals surface area contributed by atoms with E-state index in [0.717, 1.165) is 13.0 Å². The molecule has 1 amide bonds. The van der Waals surface area contributed by atoms with Gasteiger partial charge in [0.2, 0.25) is 5.91 Å². The molecule has 4 heteroatoms. The van der Waals surface area contributed by atoms with E-state index >= 15 is 0 Å². The summed E-state index contributed by atoms with van der Waals surface area (Å²) in [4.78, 5) is 11.3. The van der Waals surface area contributed by atoms with Gasteiger partial charge in [0.15, 0.2) is 0 Å². The summed E-state index contributed by atoms with van der Waals surface area (Å²) in [6.45, 7) is 8.67. The first-order valence-electron chi connectivity index (χ1n) is 5.54. The molecule has 0 fully saturated rings. The molecule has 0 atom stereocenters. The first-order chi connectivity index (χ1) is 6.81. The summed E-state index contributed by atoms with van der Waals surface area (Å²) in [7, 11) is 0. The van der Waals surface area contributed by atoms with Crippen LogP contribution in [0.3, 0.4) is 0 Å². The maximum absolute atomic E-state index is 11.3. The first-order valence-corrected chi connectivity index (χ1v) is 5.54. The van der Waals surface area contributed by atoms with E-state index < -0.39 is 5.60 Å². The van der Waals surface area contributed by atoms with Gasteiger partial charge in [-0.05, 0) is 26.8 Å². The lowest BCUT2D eigenvalue weighted by Crippen LogP contribution is -2.38.